The van der Waals surface area contributed by atoms with Crippen molar-refractivity contribution in [2.45, 2.75) is 92.5 Å². The number of amides is 2. The first-order valence-electron chi connectivity index (χ1n) is 17.7. The molecule has 0 radical (unpaired) electrons. The van der Waals surface area contributed by atoms with Crippen molar-refractivity contribution in [3.05, 3.63) is 120 Å². The monoisotopic (exact) mass is 786 g/mol. The molecule has 2 amide bonds. The van der Waals surface area contributed by atoms with Crippen LogP contribution in [0.4, 0.5) is 24.1 Å². The minimum absolute atomic E-state index is 0. The van der Waals surface area contributed by atoms with E-state index in [0.29, 0.717) is 40.0 Å². The summed E-state index contributed by atoms with van der Waals surface area (Å²) >= 11 is 0. The Balaban J connectivity index is 0.000000325. The molecule has 3 aromatic heterocycles. The number of halogens is 2. The van der Waals surface area contributed by atoms with Crippen LogP contribution in [-0.4, -0.2) is 56.5 Å². The van der Waals surface area contributed by atoms with Crippen LogP contribution in [0.25, 0.3) is 22.2 Å². The molecule has 0 bridgehead atoms. The second-order valence-electron chi connectivity index (χ2n) is 14.6. The van der Waals surface area contributed by atoms with Gasteiger partial charge in [-0.1, -0.05) is 19.6 Å². The fourth-order valence-electron chi connectivity index (χ4n) is 4.82. The number of nitrogens with one attached hydrogen (secondary N) is 2. The molecule has 2 atom stereocenters. The largest absolute Gasteiger partial charge is 0.444 e. The highest BCUT2D eigenvalue weighted by Crippen LogP contribution is 2.29. The first-order valence-corrected chi connectivity index (χ1v) is 17.7. The number of aromatic nitrogens is 3. The van der Waals surface area contributed by atoms with E-state index in [1.165, 1.54) is 24.3 Å². The predicted octanol–water partition coefficient (Wildman–Crippen LogP) is 8.98. The lowest BCUT2D eigenvalue weighted by molar-refractivity contribution is -0.120. The van der Waals surface area contributed by atoms with Crippen LogP contribution in [0, 0.1) is 11.6 Å². The summed E-state index contributed by atoms with van der Waals surface area (Å²) in [6.45, 7) is 14.2. The Morgan fingerprint density at radius 2 is 1.37 bits per heavy atom. The Bertz CT molecular complexity index is 2110. The van der Waals surface area contributed by atoms with E-state index >= 15 is 0 Å². The Kier molecular flexibility index (Phi) is 17.4. The molecule has 5 aromatic rings. The number of Topliss-reactive ketones (excluding diaryl/α,β-unsaturated/α-hetero) is 1. The number of nitrogen functional groups attached to an aromatic ring is 1. The molecule has 0 saturated carbocycles. The minimum Gasteiger partial charge on any atom is -0.444 e. The van der Waals surface area contributed by atoms with Gasteiger partial charge in [0.05, 0.1) is 35.4 Å². The molecule has 0 fully saturated rings. The van der Waals surface area contributed by atoms with Crippen LogP contribution in [0.1, 0.15) is 90.6 Å². The van der Waals surface area contributed by atoms with Gasteiger partial charge in [-0.05, 0) is 122 Å². The van der Waals surface area contributed by atoms with E-state index in [-0.39, 0.29) is 31.0 Å². The lowest BCUT2D eigenvalue weighted by atomic mass is 10.0. The van der Waals surface area contributed by atoms with Gasteiger partial charge in [0.2, 0.25) is 0 Å². The van der Waals surface area contributed by atoms with Gasteiger partial charge in [-0.3, -0.25) is 19.6 Å². The number of carbonyl (C=O) groups excluding carboxylic acids is 4. The molecular weight excluding hydrogens is 735 g/mol. The van der Waals surface area contributed by atoms with E-state index in [4.69, 9.17) is 15.2 Å². The number of alkyl carbamates (subject to hydrolysis) is 2. The molecule has 4 N–H and O–H groups in total. The third-order valence-corrected chi connectivity index (χ3v) is 7.36. The quantitative estimate of drug-likeness (QED) is 0.102. The van der Waals surface area contributed by atoms with Crippen molar-refractivity contribution < 1.29 is 37.4 Å². The van der Waals surface area contributed by atoms with Gasteiger partial charge >= 0.3 is 12.2 Å². The summed E-state index contributed by atoms with van der Waals surface area (Å²) in [6.07, 6.45) is 2.92. The fraction of sp³-hybridized carbons (Fsp3) is 0.326. The molecular formula is C43H52F2N6O6. The summed E-state index contributed by atoms with van der Waals surface area (Å²) in [5.41, 5.74) is 8.03. The van der Waals surface area contributed by atoms with Gasteiger partial charge in [-0.25, -0.2) is 23.4 Å². The van der Waals surface area contributed by atoms with Crippen molar-refractivity contribution in [2.24, 2.45) is 0 Å². The SMILES string of the molecule is C.CC(NC(=O)OC(C)(C)C)C(=O)Cc1ccccn1.CC(NC(=O)OC(C)(C)C)c1nc2ccc(F)cc2cc1-c1ccccn1.Nc1ccc(F)cc1C=O. The van der Waals surface area contributed by atoms with Gasteiger partial charge in [0.25, 0.3) is 0 Å². The van der Waals surface area contributed by atoms with E-state index in [9.17, 15) is 28.0 Å². The zero-order valence-electron chi connectivity index (χ0n) is 32.7. The maximum Gasteiger partial charge on any atom is 0.408 e. The van der Waals surface area contributed by atoms with E-state index in [0.717, 1.165) is 11.6 Å². The Morgan fingerprint density at radius 3 is 1.91 bits per heavy atom. The second-order valence-corrected chi connectivity index (χ2v) is 14.6. The number of ether oxygens (including phenoxy) is 2. The molecule has 0 aliphatic carbocycles. The van der Waals surface area contributed by atoms with Crippen molar-refractivity contribution in [1.82, 2.24) is 25.6 Å². The second kappa shape index (κ2) is 21.1. The van der Waals surface area contributed by atoms with Crippen LogP contribution in [0.15, 0.2) is 91.3 Å². The van der Waals surface area contributed by atoms with Gasteiger partial charge in [-0.2, -0.15) is 0 Å². The molecule has 0 aliphatic heterocycles. The number of aldehydes is 1. The summed E-state index contributed by atoms with van der Waals surface area (Å²) in [4.78, 5) is 58.9. The van der Waals surface area contributed by atoms with Gasteiger partial charge in [-0.15, -0.1) is 0 Å². The summed E-state index contributed by atoms with van der Waals surface area (Å²) < 4.78 is 36.4. The highest BCUT2D eigenvalue weighted by atomic mass is 19.1. The van der Waals surface area contributed by atoms with E-state index in [1.54, 1.807) is 79.1 Å². The number of carbonyl (C=O) groups is 4. The lowest BCUT2D eigenvalue weighted by Gasteiger charge is -2.23. The number of pyridine rings is 3. The summed E-state index contributed by atoms with van der Waals surface area (Å²) in [6, 6.07) is 19.8. The van der Waals surface area contributed by atoms with Gasteiger partial charge in [0.15, 0.2) is 12.1 Å². The number of anilines is 1. The van der Waals surface area contributed by atoms with Crippen molar-refractivity contribution in [3.63, 3.8) is 0 Å². The van der Waals surface area contributed by atoms with Crippen LogP contribution in [-0.2, 0) is 20.7 Å². The average molecular weight is 787 g/mol. The first-order chi connectivity index (χ1) is 26.2. The summed E-state index contributed by atoms with van der Waals surface area (Å²) in [5.74, 6) is -0.884. The van der Waals surface area contributed by atoms with E-state index in [2.05, 4.69) is 25.6 Å². The molecule has 2 unspecified atom stereocenters. The number of fused-ring (bicyclic) bond motifs is 1. The van der Waals surface area contributed by atoms with Crippen molar-refractivity contribution in [1.29, 1.82) is 0 Å². The topological polar surface area (TPSA) is 175 Å². The summed E-state index contributed by atoms with van der Waals surface area (Å²) in [5, 5.41) is 6.00. The zero-order chi connectivity index (χ0) is 41.6. The number of hydrogen-bond acceptors (Lipinski definition) is 10. The molecule has 12 nitrogen and oxygen atoms in total. The molecule has 0 spiro atoms. The number of nitrogens with zero attached hydrogens (tertiary/aromatic N) is 3. The van der Waals surface area contributed by atoms with E-state index < -0.39 is 41.3 Å². The number of rotatable bonds is 8. The highest BCUT2D eigenvalue weighted by molar-refractivity contribution is 5.88. The highest BCUT2D eigenvalue weighted by Gasteiger charge is 2.23. The maximum atomic E-state index is 13.6. The maximum absolute atomic E-state index is 13.6. The number of hydrogen-bond donors (Lipinski definition) is 3. The molecule has 0 aliphatic rings. The zero-order valence-corrected chi connectivity index (χ0v) is 32.7. The number of ketones is 1. The number of benzene rings is 2. The normalized spacial score (nSPS) is 11.8. The van der Waals surface area contributed by atoms with Crippen LogP contribution in [0.2, 0.25) is 0 Å². The van der Waals surface area contributed by atoms with Crippen LogP contribution >= 0.6 is 0 Å². The molecule has 0 saturated heterocycles. The van der Waals surface area contributed by atoms with Crippen LogP contribution < -0.4 is 16.4 Å². The average Bonchev–Trinajstić information content (AvgIpc) is 3.11. The predicted molar refractivity (Wildman–Crippen MR) is 217 cm³/mol. The fourth-order valence-corrected chi connectivity index (χ4v) is 4.82. The van der Waals surface area contributed by atoms with Gasteiger partial charge in [0, 0.05) is 40.3 Å². The smallest absolute Gasteiger partial charge is 0.408 e. The lowest BCUT2D eigenvalue weighted by Crippen LogP contribution is -2.42. The van der Waals surface area contributed by atoms with E-state index in [1.807, 2.05) is 37.3 Å². The standard InChI is InChI=1S/C21H22FN3O2.C14H20N2O3.C7H6FNO.CH4/c1-13(24-20(26)27-21(2,3)4)19-16(18-7-5-6-10-23-18)12-14-11-15(22)8-9-17(14)25-19;1-10(16-13(18)19-14(2,3)4)12(17)9-11-7-5-6-8-15-11;8-6-1-2-7(9)5(3-6)4-10;/h5-13H,1-4H3,(H,24,26);5-8,10H,9H2,1-4H3,(H,16,18);1-4H,9H2;1H4. The van der Waals surface area contributed by atoms with Crippen molar-refractivity contribution in [3.8, 4) is 11.3 Å². The first kappa shape index (κ1) is 46.8. The molecule has 2 aromatic carbocycles. The minimum atomic E-state index is -0.600. The molecule has 57 heavy (non-hydrogen) atoms. The van der Waals surface area contributed by atoms with Gasteiger partial charge in [0.1, 0.15) is 22.8 Å². The Labute approximate surface area is 332 Å². The third kappa shape index (κ3) is 16.1. The molecule has 304 valence electrons. The Morgan fingerprint density at radius 1 is 0.789 bits per heavy atom. The Hall–Kier alpha value is -6.31. The third-order valence-electron chi connectivity index (χ3n) is 7.36. The van der Waals surface area contributed by atoms with Crippen LogP contribution in [0.5, 0.6) is 0 Å². The molecule has 3 heterocycles. The van der Waals surface area contributed by atoms with Crippen molar-refractivity contribution >= 4 is 40.8 Å². The molecule has 14 heteroatoms. The summed E-state index contributed by atoms with van der Waals surface area (Å²) in [7, 11) is 0. The van der Waals surface area contributed by atoms with Crippen molar-refractivity contribution in [2.75, 3.05) is 5.73 Å². The van der Waals surface area contributed by atoms with Crippen LogP contribution in [0.3, 0.4) is 0 Å². The number of nitrogens with two attached hydrogens (primary N) is 1. The molecule has 5 rings (SSSR count). The van der Waals surface area contributed by atoms with Gasteiger partial charge < -0.3 is 25.8 Å².